The molecule has 0 heterocycles. The summed E-state index contributed by atoms with van der Waals surface area (Å²) in [6.45, 7) is 0. The van der Waals surface area contributed by atoms with Crippen LogP contribution >= 0.6 is 0 Å². The van der Waals surface area contributed by atoms with E-state index in [0.717, 1.165) is 11.3 Å². The predicted octanol–water partition coefficient (Wildman–Crippen LogP) is 1.60. The molecule has 0 amide bonds. The first-order valence-corrected chi connectivity index (χ1v) is 4.92. The Morgan fingerprint density at radius 1 is 1.41 bits per heavy atom. The Labute approximate surface area is 98.9 Å². The molecule has 0 radical (unpaired) electrons. The van der Waals surface area contributed by atoms with E-state index in [-0.39, 0.29) is 0 Å². The van der Waals surface area contributed by atoms with E-state index in [4.69, 9.17) is 10.3 Å². The molecular weight excluding hydrogens is 220 g/mol. The van der Waals surface area contributed by atoms with Crippen molar-refractivity contribution in [1.82, 2.24) is 0 Å². The molecule has 0 aliphatic rings. The standard InChI is InChI=1S/C12H12N2O3/c1-16-11-6-4-10(5-7-11)3-2-8-17-12(15)9-14-13/h2,4-9H,3H2,1H3/b8-2-. The van der Waals surface area contributed by atoms with E-state index >= 15 is 0 Å². The molecule has 88 valence electrons. The maximum absolute atomic E-state index is 10.7. The van der Waals surface area contributed by atoms with Crippen LogP contribution in [0.15, 0.2) is 36.6 Å². The number of benzene rings is 1. The lowest BCUT2D eigenvalue weighted by Crippen LogP contribution is -2.00. The first kappa shape index (κ1) is 12.7. The molecule has 5 nitrogen and oxygen atoms in total. The SMILES string of the molecule is COc1ccc(C/C=C\OC(=O)C=[N+]=[N-])cc1. The summed E-state index contributed by atoms with van der Waals surface area (Å²) in [4.78, 5) is 13.3. The largest absolute Gasteiger partial charge is 0.497 e. The van der Waals surface area contributed by atoms with Gasteiger partial charge in [-0.1, -0.05) is 12.1 Å². The molecule has 1 rings (SSSR count). The van der Waals surface area contributed by atoms with Crippen LogP contribution < -0.4 is 4.74 Å². The van der Waals surface area contributed by atoms with Gasteiger partial charge in [-0.25, -0.2) is 4.79 Å². The number of nitrogens with zero attached hydrogens (tertiary/aromatic N) is 2. The molecule has 0 aliphatic carbocycles. The summed E-state index contributed by atoms with van der Waals surface area (Å²) in [5.41, 5.74) is 9.12. The Bertz CT molecular complexity index is 445. The van der Waals surface area contributed by atoms with Gasteiger partial charge in [0.05, 0.1) is 13.4 Å². The van der Waals surface area contributed by atoms with E-state index in [9.17, 15) is 4.79 Å². The highest BCUT2D eigenvalue weighted by molar-refractivity contribution is 6.20. The number of hydrogen-bond acceptors (Lipinski definition) is 3. The average Bonchev–Trinajstić information content (AvgIpc) is 2.36. The van der Waals surface area contributed by atoms with Crippen LogP contribution in [-0.2, 0) is 16.0 Å². The molecular formula is C12H12N2O3. The Hall–Kier alpha value is -2.39. The van der Waals surface area contributed by atoms with Gasteiger partial charge in [-0.15, -0.1) is 0 Å². The molecule has 1 aromatic carbocycles. The van der Waals surface area contributed by atoms with Crippen LogP contribution in [0.4, 0.5) is 0 Å². The van der Waals surface area contributed by atoms with Gasteiger partial charge in [0.15, 0.2) is 0 Å². The van der Waals surface area contributed by atoms with Crippen molar-refractivity contribution >= 4 is 12.2 Å². The minimum absolute atomic E-state index is 0.632. The molecule has 5 heteroatoms. The Kier molecular flexibility index (Phi) is 5.20. The zero-order valence-electron chi connectivity index (χ0n) is 9.37. The van der Waals surface area contributed by atoms with Crippen molar-refractivity contribution < 1.29 is 19.1 Å². The first-order valence-electron chi connectivity index (χ1n) is 4.92. The van der Waals surface area contributed by atoms with Crippen molar-refractivity contribution in [3.63, 3.8) is 0 Å². The maximum atomic E-state index is 10.7. The Balaban J connectivity index is 2.41. The van der Waals surface area contributed by atoms with E-state index in [1.54, 1.807) is 13.2 Å². The van der Waals surface area contributed by atoms with Gasteiger partial charge >= 0.3 is 12.2 Å². The molecule has 0 saturated heterocycles. The Morgan fingerprint density at radius 3 is 2.71 bits per heavy atom. The van der Waals surface area contributed by atoms with Crippen molar-refractivity contribution in [3.05, 3.63) is 47.7 Å². The second-order valence-corrected chi connectivity index (χ2v) is 3.11. The smallest absolute Gasteiger partial charge is 0.418 e. The molecule has 0 N–H and O–H groups in total. The third-order valence-electron chi connectivity index (χ3n) is 1.96. The zero-order chi connectivity index (χ0) is 12.5. The predicted molar refractivity (Wildman–Crippen MR) is 61.6 cm³/mol. The molecule has 0 saturated carbocycles. The van der Waals surface area contributed by atoms with Crippen LogP contribution in [0.3, 0.4) is 0 Å². The molecule has 0 aliphatic heterocycles. The highest BCUT2D eigenvalue weighted by atomic mass is 16.5. The topological polar surface area (TPSA) is 71.9 Å². The number of rotatable bonds is 5. The third kappa shape index (κ3) is 4.77. The number of esters is 1. The number of carbonyl (C=O) groups is 1. The zero-order valence-corrected chi connectivity index (χ0v) is 9.37. The fourth-order valence-electron chi connectivity index (χ4n) is 1.14. The maximum Gasteiger partial charge on any atom is 0.418 e. The third-order valence-corrected chi connectivity index (χ3v) is 1.96. The molecule has 17 heavy (non-hydrogen) atoms. The highest BCUT2D eigenvalue weighted by Gasteiger charge is 1.98. The minimum Gasteiger partial charge on any atom is -0.497 e. The van der Waals surface area contributed by atoms with E-state index in [0.29, 0.717) is 12.6 Å². The van der Waals surface area contributed by atoms with Crippen LogP contribution in [0.2, 0.25) is 0 Å². The van der Waals surface area contributed by atoms with Crippen molar-refractivity contribution in [2.24, 2.45) is 0 Å². The summed E-state index contributed by atoms with van der Waals surface area (Å²) in [5, 5.41) is 0. The molecule has 1 aromatic rings. The van der Waals surface area contributed by atoms with Crippen LogP contribution in [-0.4, -0.2) is 24.1 Å². The molecule has 0 spiro atoms. The Morgan fingerprint density at radius 2 is 2.12 bits per heavy atom. The number of allylic oxidation sites excluding steroid dienone is 1. The van der Waals surface area contributed by atoms with Crippen LogP contribution in [0, 0.1) is 0 Å². The van der Waals surface area contributed by atoms with Crippen LogP contribution in [0.5, 0.6) is 5.75 Å². The van der Waals surface area contributed by atoms with E-state index in [1.165, 1.54) is 6.26 Å². The average molecular weight is 232 g/mol. The van der Waals surface area contributed by atoms with Gasteiger partial charge in [0, 0.05) is 0 Å². The summed E-state index contributed by atoms with van der Waals surface area (Å²) in [5.74, 6) is 0.0711. The first-order chi connectivity index (χ1) is 8.26. The second kappa shape index (κ2) is 6.98. The van der Waals surface area contributed by atoms with Crippen LogP contribution in [0.1, 0.15) is 5.56 Å². The summed E-state index contributed by atoms with van der Waals surface area (Å²) in [7, 11) is 1.61. The van der Waals surface area contributed by atoms with Crippen molar-refractivity contribution in [1.29, 1.82) is 0 Å². The lowest BCUT2D eigenvalue weighted by atomic mass is 10.1. The van der Waals surface area contributed by atoms with Gasteiger partial charge in [-0.3, -0.25) is 0 Å². The molecule has 0 bridgehead atoms. The van der Waals surface area contributed by atoms with Crippen molar-refractivity contribution in [2.45, 2.75) is 6.42 Å². The van der Waals surface area contributed by atoms with Gasteiger partial charge in [-0.2, -0.15) is 4.79 Å². The van der Waals surface area contributed by atoms with Crippen molar-refractivity contribution in [3.8, 4) is 5.75 Å². The van der Waals surface area contributed by atoms with Gasteiger partial charge < -0.3 is 15.0 Å². The highest BCUT2D eigenvalue weighted by Crippen LogP contribution is 2.11. The van der Waals surface area contributed by atoms with E-state index in [1.807, 2.05) is 24.3 Å². The minimum atomic E-state index is -0.724. The summed E-state index contributed by atoms with van der Waals surface area (Å²) in [6.07, 6.45) is 4.25. The number of carbonyl (C=O) groups excluding carboxylic acids is 1. The molecule has 0 fully saturated rings. The normalized spacial score (nSPS) is 9.71. The summed E-state index contributed by atoms with van der Waals surface area (Å²) in [6, 6.07) is 7.54. The van der Waals surface area contributed by atoms with Crippen molar-refractivity contribution in [2.75, 3.05) is 7.11 Å². The quantitative estimate of drug-likeness (QED) is 0.254. The molecule has 0 aromatic heterocycles. The molecule has 0 atom stereocenters. The summed E-state index contributed by atoms with van der Waals surface area (Å²) >= 11 is 0. The van der Waals surface area contributed by atoms with Gasteiger partial charge in [-0.05, 0) is 30.2 Å². The van der Waals surface area contributed by atoms with E-state index in [2.05, 4.69) is 9.53 Å². The van der Waals surface area contributed by atoms with Gasteiger partial charge in [0.25, 0.3) is 0 Å². The van der Waals surface area contributed by atoms with Gasteiger partial charge in [0.1, 0.15) is 5.75 Å². The molecule has 0 unspecified atom stereocenters. The van der Waals surface area contributed by atoms with Gasteiger partial charge in [0.2, 0.25) is 0 Å². The van der Waals surface area contributed by atoms with Crippen LogP contribution in [0.25, 0.3) is 5.53 Å². The second-order valence-electron chi connectivity index (χ2n) is 3.11. The number of hydrogen-bond donors (Lipinski definition) is 0. The number of methoxy groups -OCH3 is 1. The fraction of sp³-hybridized carbons (Fsp3) is 0.167. The lowest BCUT2D eigenvalue weighted by molar-refractivity contribution is -0.133. The number of ether oxygens (including phenoxy) is 2. The monoisotopic (exact) mass is 232 g/mol. The fourth-order valence-corrected chi connectivity index (χ4v) is 1.14. The lowest BCUT2D eigenvalue weighted by Gasteiger charge is -2.00. The summed E-state index contributed by atoms with van der Waals surface area (Å²) < 4.78 is 9.62. The van der Waals surface area contributed by atoms with E-state index < -0.39 is 5.97 Å².